The maximum Gasteiger partial charge on any atom is 0.264 e. The van der Waals surface area contributed by atoms with Gasteiger partial charge in [-0.2, -0.15) is 0 Å². The molecule has 0 aromatic heterocycles. The second-order valence-electron chi connectivity index (χ2n) is 7.15. The highest BCUT2D eigenvalue weighted by atomic mass is 35.5. The first-order valence-electron chi connectivity index (χ1n) is 10.3. The third kappa shape index (κ3) is 6.12. The quantitative estimate of drug-likeness (QED) is 0.472. The molecule has 0 spiro atoms. The van der Waals surface area contributed by atoms with Crippen LogP contribution in [0.25, 0.3) is 0 Å². The van der Waals surface area contributed by atoms with Gasteiger partial charge in [0.05, 0.1) is 21.8 Å². The van der Waals surface area contributed by atoms with E-state index in [4.69, 9.17) is 11.6 Å². The van der Waals surface area contributed by atoms with Crippen LogP contribution in [-0.2, 0) is 14.8 Å². The molecule has 0 saturated heterocycles. The highest BCUT2D eigenvalue weighted by molar-refractivity contribution is 7.92. The minimum absolute atomic E-state index is 0.0482. The molecule has 0 bridgehead atoms. The Labute approximate surface area is 198 Å². The summed E-state index contributed by atoms with van der Waals surface area (Å²) >= 11 is 5.96. The summed E-state index contributed by atoms with van der Waals surface area (Å²) in [6.07, 6.45) is 0.771. The molecule has 9 heteroatoms. The average molecular weight is 486 g/mol. The van der Waals surface area contributed by atoms with Crippen molar-refractivity contribution < 1.29 is 18.0 Å². The Morgan fingerprint density at radius 2 is 1.55 bits per heavy atom. The largest absolute Gasteiger partial charge is 0.352 e. The van der Waals surface area contributed by atoms with Gasteiger partial charge in [0.15, 0.2) is 0 Å². The van der Waals surface area contributed by atoms with Crippen molar-refractivity contribution in [3.8, 4) is 0 Å². The summed E-state index contributed by atoms with van der Waals surface area (Å²) in [5, 5.41) is 5.88. The van der Waals surface area contributed by atoms with E-state index in [0.29, 0.717) is 22.8 Å². The van der Waals surface area contributed by atoms with Crippen LogP contribution in [0.5, 0.6) is 0 Å². The van der Waals surface area contributed by atoms with Crippen molar-refractivity contribution in [3.63, 3.8) is 0 Å². The summed E-state index contributed by atoms with van der Waals surface area (Å²) in [5.74, 6) is -0.917. The van der Waals surface area contributed by atoms with Crippen LogP contribution in [0.15, 0.2) is 83.8 Å². The van der Waals surface area contributed by atoms with Gasteiger partial charge in [-0.05, 0) is 55.0 Å². The van der Waals surface area contributed by atoms with Crippen LogP contribution in [0.3, 0.4) is 0 Å². The number of hydrogen-bond acceptors (Lipinski definition) is 4. The Morgan fingerprint density at radius 1 is 0.909 bits per heavy atom. The van der Waals surface area contributed by atoms with Gasteiger partial charge in [-0.15, -0.1) is 0 Å². The Morgan fingerprint density at radius 3 is 2.21 bits per heavy atom. The Kier molecular flexibility index (Phi) is 8.08. The number of carbonyl (C=O) groups excluding carboxylic acids is 2. The minimum Gasteiger partial charge on any atom is -0.352 e. The molecule has 0 saturated carbocycles. The van der Waals surface area contributed by atoms with Crippen molar-refractivity contribution in [2.75, 3.05) is 22.7 Å². The highest BCUT2D eigenvalue weighted by Gasteiger charge is 2.27. The fourth-order valence-corrected chi connectivity index (χ4v) is 4.65. The molecule has 0 heterocycles. The van der Waals surface area contributed by atoms with E-state index in [2.05, 4.69) is 10.6 Å². The lowest BCUT2D eigenvalue weighted by Crippen LogP contribution is -2.38. The van der Waals surface area contributed by atoms with Gasteiger partial charge in [-0.1, -0.05) is 48.9 Å². The minimum atomic E-state index is -4.04. The van der Waals surface area contributed by atoms with Crippen molar-refractivity contribution in [3.05, 3.63) is 89.4 Å². The fraction of sp³-hybridized carbons (Fsp3) is 0.167. The molecule has 0 aliphatic carbocycles. The monoisotopic (exact) mass is 485 g/mol. The molecule has 0 fully saturated rings. The van der Waals surface area contributed by atoms with Gasteiger partial charge in [-0.25, -0.2) is 8.42 Å². The smallest absolute Gasteiger partial charge is 0.264 e. The van der Waals surface area contributed by atoms with E-state index < -0.39 is 22.5 Å². The number of nitrogens with one attached hydrogen (secondary N) is 2. The number of benzene rings is 3. The second-order valence-corrected chi connectivity index (χ2v) is 9.45. The van der Waals surface area contributed by atoms with Crippen LogP contribution in [-0.4, -0.2) is 33.3 Å². The summed E-state index contributed by atoms with van der Waals surface area (Å²) < 4.78 is 27.7. The third-order valence-corrected chi connectivity index (χ3v) is 6.75. The van der Waals surface area contributed by atoms with Crippen LogP contribution in [0, 0.1) is 0 Å². The molecule has 0 aliphatic heterocycles. The van der Waals surface area contributed by atoms with E-state index >= 15 is 0 Å². The normalized spacial score (nSPS) is 11.0. The first-order valence-corrected chi connectivity index (χ1v) is 12.1. The van der Waals surface area contributed by atoms with Gasteiger partial charge in [-0.3, -0.25) is 13.9 Å². The average Bonchev–Trinajstić information content (AvgIpc) is 2.82. The summed E-state index contributed by atoms with van der Waals surface area (Å²) in [4.78, 5) is 25.4. The lowest BCUT2D eigenvalue weighted by atomic mass is 10.1. The molecule has 0 unspecified atom stereocenters. The molecule has 0 aliphatic rings. The van der Waals surface area contributed by atoms with Gasteiger partial charge in [0, 0.05) is 11.6 Å². The van der Waals surface area contributed by atoms with Crippen LogP contribution in [0.1, 0.15) is 23.7 Å². The molecule has 0 radical (unpaired) electrons. The third-order valence-electron chi connectivity index (χ3n) is 4.71. The van der Waals surface area contributed by atoms with Crippen LogP contribution < -0.4 is 14.9 Å². The number of hydrogen-bond donors (Lipinski definition) is 2. The molecule has 7 nitrogen and oxygen atoms in total. The van der Waals surface area contributed by atoms with Gasteiger partial charge < -0.3 is 10.6 Å². The van der Waals surface area contributed by atoms with E-state index in [-0.39, 0.29) is 16.5 Å². The van der Waals surface area contributed by atoms with Gasteiger partial charge in [0.25, 0.3) is 15.9 Å². The van der Waals surface area contributed by atoms with Crippen molar-refractivity contribution in [1.29, 1.82) is 0 Å². The van der Waals surface area contributed by atoms with E-state index in [1.54, 1.807) is 54.6 Å². The van der Waals surface area contributed by atoms with E-state index in [0.717, 1.165) is 10.7 Å². The zero-order chi connectivity index (χ0) is 23.8. The number of sulfonamides is 1. The fourth-order valence-electron chi connectivity index (χ4n) is 3.09. The molecular formula is C24H24ClN3O4S. The number of halogens is 1. The standard InChI is InChI=1S/C24H24ClN3O4S/c1-2-16-26-24(30)21-10-6-7-11-22(21)27-23(29)17-28(19-14-12-18(25)13-15-19)33(31,32)20-8-4-3-5-9-20/h3-15H,2,16-17H2,1H3,(H,26,30)(H,27,29). The van der Waals surface area contributed by atoms with E-state index in [1.807, 2.05) is 6.92 Å². The lowest BCUT2D eigenvalue weighted by molar-refractivity contribution is -0.114. The molecule has 3 aromatic carbocycles. The molecule has 2 amide bonds. The maximum atomic E-state index is 13.3. The van der Waals surface area contributed by atoms with E-state index in [9.17, 15) is 18.0 Å². The summed E-state index contributed by atoms with van der Waals surface area (Å²) in [6.45, 7) is 1.94. The van der Waals surface area contributed by atoms with Crippen molar-refractivity contribution in [2.45, 2.75) is 18.2 Å². The van der Waals surface area contributed by atoms with Crippen LogP contribution >= 0.6 is 11.6 Å². The first-order chi connectivity index (χ1) is 15.8. The molecule has 2 N–H and O–H groups in total. The van der Waals surface area contributed by atoms with Crippen LogP contribution in [0.2, 0.25) is 5.02 Å². The Bertz CT molecular complexity index is 1220. The maximum absolute atomic E-state index is 13.3. The number of carbonyl (C=O) groups is 2. The number of amides is 2. The summed E-state index contributed by atoms with van der Waals surface area (Å²) in [6, 6.07) is 20.6. The van der Waals surface area contributed by atoms with Gasteiger partial charge in [0.1, 0.15) is 6.54 Å². The Balaban J connectivity index is 1.89. The first kappa shape index (κ1) is 24.3. The molecule has 3 aromatic rings. The lowest BCUT2D eigenvalue weighted by Gasteiger charge is -2.24. The zero-order valence-corrected chi connectivity index (χ0v) is 19.6. The molecule has 3 rings (SSSR count). The SMILES string of the molecule is CCCNC(=O)c1ccccc1NC(=O)CN(c1ccc(Cl)cc1)S(=O)(=O)c1ccccc1. The number of rotatable bonds is 9. The molecule has 33 heavy (non-hydrogen) atoms. The van der Waals surface area contributed by atoms with Crippen molar-refractivity contribution >= 4 is 44.8 Å². The molecule has 0 atom stereocenters. The summed E-state index contributed by atoms with van der Waals surface area (Å²) in [5.41, 5.74) is 0.875. The predicted octanol–water partition coefficient (Wildman–Crippen LogP) is 4.31. The van der Waals surface area contributed by atoms with Crippen molar-refractivity contribution in [1.82, 2.24) is 5.32 Å². The van der Waals surface area contributed by atoms with Gasteiger partial charge >= 0.3 is 0 Å². The molecule has 172 valence electrons. The van der Waals surface area contributed by atoms with Crippen molar-refractivity contribution in [2.24, 2.45) is 0 Å². The highest BCUT2D eigenvalue weighted by Crippen LogP contribution is 2.25. The number of para-hydroxylation sites is 1. The number of anilines is 2. The number of nitrogens with zero attached hydrogens (tertiary/aromatic N) is 1. The van der Waals surface area contributed by atoms with E-state index in [1.165, 1.54) is 24.3 Å². The predicted molar refractivity (Wildman–Crippen MR) is 130 cm³/mol. The van der Waals surface area contributed by atoms with Crippen LogP contribution in [0.4, 0.5) is 11.4 Å². The molecular weight excluding hydrogens is 462 g/mol. The second kappa shape index (κ2) is 11.0. The zero-order valence-electron chi connectivity index (χ0n) is 18.0. The Hall–Kier alpha value is -3.36. The van der Waals surface area contributed by atoms with Gasteiger partial charge in [0.2, 0.25) is 5.91 Å². The topological polar surface area (TPSA) is 95.6 Å². The summed E-state index contributed by atoms with van der Waals surface area (Å²) in [7, 11) is -4.04.